The van der Waals surface area contributed by atoms with E-state index in [1.807, 2.05) is 25.1 Å². The van der Waals surface area contributed by atoms with Crippen molar-refractivity contribution in [3.63, 3.8) is 0 Å². The summed E-state index contributed by atoms with van der Waals surface area (Å²) in [6.07, 6.45) is 3.20. The monoisotopic (exact) mass is 258 g/mol. The van der Waals surface area contributed by atoms with Crippen molar-refractivity contribution in [3.05, 3.63) is 29.6 Å². The molecule has 1 fully saturated rings. The smallest absolute Gasteiger partial charge is 0.313 e. The van der Waals surface area contributed by atoms with Gasteiger partial charge < -0.3 is 9.72 Å². The SMILES string of the molecule is CCC(C(=O)OC)c1ccc2nc(C3CC3)[nH]c2c1. The van der Waals surface area contributed by atoms with Gasteiger partial charge in [0, 0.05) is 5.92 Å². The van der Waals surface area contributed by atoms with Gasteiger partial charge in [-0.05, 0) is 37.0 Å². The fourth-order valence-corrected chi connectivity index (χ4v) is 2.49. The van der Waals surface area contributed by atoms with Crippen molar-refractivity contribution >= 4 is 17.0 Å². The maximum Gasteiger partial charge on any atom is 0.313 e. The molecule has 1 N–H and O–H groups in total. The van der Waals surface area contributed by atoms with Crippen LogP contribution in [0.4, 0.5) is 0 Å². The summed E-state index contributed by atoms with van der Waals surface area (Å²) in [5, 5.41) is 0. The van der Waals surface area contributed by atoms with E-state index in [0.29, 0.717) is 5.92 Å². The number of nitrogens with one attached hydrogen (secondary N) is 1. The van der Waals surface area contributed by atoms with Crippen LogP contribution in [0.3, 0.4) is 0 Å². The van der Waals surface area contributed by atoms with E-state index in [0.717, 1.165) is 28.8 Å². The third-order valence-corrected chi connectivity index (χ3v) is 3.78. The molecule has 1 saturated carbocycles. The highest BCUT2D eigenvalue weighted by atomic mass is 16.5. The maximum atomic E-state index is 11.8. The molecule has 4 nitrogen and oxygen atoms in total. The van der Waals surface area contributed by atoms with Gasteiger partial charge in [0.05, 0.1) is 24.1 Å². The number of esters is 1. The van der Waals surface area contributed by atoms with Crippen LogP contribution in [0.25, 0.3) is 11.0 Å². The molecule has 1 aromatic carbocycles. The van der Waals surface area contributed by atoms with E-state index in [1.165, 1.54) is 20.0 Å². The lowest BCUT2D eigenvalue weighted by molar-refractivity contribution is -0.142. The summed E-state index contributed by atoms with van der Waals surface area (Å²) in [4.78, 5) is 19.7. The minimum Gasteiger partial charge on any atom is -0.469 e. The van der Waals surface area contributed by atoms with E-state index >= 15 is 0 Å². The fourth-order valence-electron chi connectivity index (χ4n) is 2.49. The molecule has 2 aromatic rings. The number of imidazole rings is 1. The van der Waals surface area contributed by atoms with Crippen LogP contribution in [0.5, 0.6) is 0 Å². The summed E-state index contributed by atoms with van der Waals surface area (Å²) in [7, 11) is 1.44. The number of rotatable bonds is 4. The second-order valence-electron chi connectivity index (χ2n) is 5.16. The average molecular weight is 258 g/mol. The largest absolute Gasteiger partial charge is 0.469 e. The number of aromatic amines is 1. The third-order valence-electron chi connectivity index (χ3n) is 3.78. The lowest BCUT2D eigenvalue weighted by Crippen LogP contribution is -2.13. The highest BCUT2D eigenvalue weighted by molar-refractivity contribution is 5.82. The van der Waals surface area contributed by atoms with Crippen molar-refractivity contribution in [1.82, 2.24) is 9.97 Å². The Balaban J connectivity index is 1.97. The van der Waals surface area contributed by atoms with E-state index < -0.39 is 0 Å². The molecule has 0 amide bonds. The van der Waals surface area contributed by atoms with Crippen molar-refractivity contribution in [2.24, 2.45) is 0 Å². The molecule has 3 rings (SSSR count). The van der Waals surface area contributed by atoms with Crippen LogP contribution in [0, 0.1) is 0 Å². The molecule has 1 aliphatic carbocycles. The summed E-state index contributed by atoms with van der Waals surface area (Å²) in [5.74, 6) is 1.32. The standard InChI is InChI=1S/C15H18N2O2/c1-3-11(15(18)19-2)10-6-7-12-13(8-10)17-14(16-12)9-4-5-9/h6-9,11H,3-5H2,1-2H3,(H,16,17). The van der Waals surface area contributed by atoms with Gasteiger partial charge in [-0.25, -0.2) is 4.98 Å². The van der Waals surface area contributed by atoms with Crippen molar-refractivity contribution in [2.75, 3.05) is 7.11 Å². The molecule has 1 atom stereocenters. The second kappa shape index (κ2) is 4.68. The molecule has 0 spiro atoms. The zero-order chi connectivity index (χ0) is 13.4. The van der Waals surface area contributed by atoms with Gasteiger partial charge in [-0.15, -0.1) is 0 Å². The number of H-pyrrole nitrogens is 1. The summed E-state index contributed by atoms with van der Waals surface area (Å²) >= 11 is 0. The Morgan fingerprint density at radius 3 is 2.95 bits per heavy atom. The van der Waals surface area contributed by atoms with Crippen molar-refractivity contribution < 1.29 is 9.53 Å². The number of methoxy groups -OCH3 is 1. The van der Waals surface area contributed by atoms with Crippen LogP contribution in [-0.2, 0) is 9.53 Å². The predicted octanol–water partition coefficient (Wildman–Crippen LogP) is 3.11. The Morgan fingerprint density at radius 1 is 1.53 bits per heavy atom. The van der Waals surface area contributed by atoms with E-state index in [-0.39, 0.29) is 11.9 Å². The second-order valence-corrected chi connectivity index (χ2v) is 5.16. The molecule has 0 saturated heterocycles. The van der Waals surface area contributed by atoms with E-state index in [2.05, 4.69) is 9.97 Å². The van der Waals surface area contributed by atoms with E-state index in [4.69, 9.17) is 4.74 Å². The first-order valence-electron chi connectivity index (χ1n) is 6.80. The number of nitrogens with zero attached hydrogens (tertiary/aromatic N) is 1. The summed E-state index contributed by atoms with van der Waals surface area (Å²) in [5.41, 5.74) is 2.99. The van der Waals surface area contributed by atoms with Gasteiger partial charge in [0.2, 0.25) is 0 Å². The number of hydrogen-bond acceptors (Lipinski definition) is 3. The molecule has 100 valence electrons. The Labute approximate surface area is 112 Å². The van der Waals surface area contributed by atoms with Crippen LogP contribution >= 0.6 is 0 Å². The van der Waals surface area contributed by atoms with E-state index in [1.54, 1.807) is 0 Å². The van der Waals surface area contributed by atoms with Crippen LogP contribution in [-0.4, -0.2) is 23.0 Å². The van der Waals surface area contributed by atoms with Gasteiger partial charge in [-0.1, -0.05) is 13.0 Å². The molecule has 0 aliphatic heterocycles. The van der Waals surface area contributed by atoms with Crippen molar-refractivity contribution in [2.45, 2.75) is 38.0 Å². The maximum absolute atomic E-state index is 11.8. The molecule has 1 aromatic heterocycles. The summed E-state index contributed by atoms with van der Waals surface area (Å²) in [6, 6.07) is 5.99. The van der Waals surface area contributed by atoms with Crippen LogP contribution < -0.4 is 0 Å². The Hall–Kier alpha value is -1.84. The molecule has 4 heteroatoms. The number of carbonyl (C=O) groups is 1. The van der Waals surface area contributed by atoms with Gasteiger partial charge in [-0.2, -0.15) is 0 Å². The van der Waals surface area contributed by atoms with Gasteiger partial charge >= 0.3 is 5.97 Å². The van der Waals surface area contributed by atoms with Gasteiger partial charge in [-0.3, -0.25) is 4.79 Å². The summed E-state index contributed by atoms with van der Waals surface area (Å²) in [6.45, 7) is 1.99. The molecular weight excluding hydrogens is 240 g/mol. The van der Waals surface area contributed by atoms with Crippen LogP contribution in [0.15, 0.2) is 18.2 Å². The first kappa shape index (κ1) is 12.2. The first-order chi connectivity index (χ1) is 9.22. The number of aromatic nitrogens is 2. The quantitative estimate of drug-likeness (QED) is 0.857. The number of benzene rings is 1. The Morgan fingerprint density at radius 2 is 2.32 bits per heavy atom. The number of carbonyl (C=O) groups excluding carboxylic acids is 1. The van der Waals surface area contributed by atoms with Gasteiger partial charge in [0.15, 0.2) is 0 Å². The number of fused-ring (bicyclic) bond motifs is 1. The topological polar surface area (TPSA) is 55.0 Å². The Bertz CT molecular complexity index is 614. The molecule has 0 bridgehead atoms. The van der Waals surface area contributed by atoms with Crippen LogP contribution in [0.1, 0.15) is 49.4 Å². The summed E-state index contributed by atoms with van der Waals surface area (Å²) < 4.78 is 4.86. The minimum absolute atomic E-state index is 0.177. The highest BCUT2D eigenvalue weighted by Gasteiger charge is 2.27. The zero-order valence-corrected chi connectivity index (χ0v) is 11.3. The third kappa shape index (κ3) is 2.23. The molecule has 1 aliphatic rings. The molecular formula is C15H18N2O2. The first-order valence-corrected chi connectivity index (χ1v) is 6.80. The van der Waals surface area contributed by atoms with Crippen LogP contribution in [0.2, 0.25) is 0 Å². The number of hydrogen-bond donors (Lipinski definition) is 1. The Kier molecular flexibility index (Phi) is 3.01. The molecule has 1 unspecified atom stereocenters. The molecule has 1 heterocycles. The lowest BCUT2D eigenvalue weighted by Gasteiger charge is -2.12. The zero-order valence-electron chi connectivity index (χ0n) is 11.3. The fraction of sp³-hybridized carbons (Fsp3) is 0.467. The van der Waals surface area contributed by atoms with E-state index in [9.17, 15) is 4.79 Å². The lowest BCUT2D eigenvalue weighted by atomic mass is 9.96. The normalized spacial score (nSPS) is 16.5. The van der Waals surface area contributed by atoms with Gasteiger partial charge in [0.1, 0.15) is 5.82 Å². The average Bonchev–Trinajstić information content (AvgIpc) is 3.19. The van der Waals surface area contributed by atoms with Crippen molar-refractivity contribution in [1.29, 1.82) is 0 Å². The van der Waals surface area contributed by atoms with Crippen molar-refractivity contribution in [3.8, 4) is 0 Å². The molecule has 19 heavy (non-hydrogen) atoms. The number of ether oxygens (including phenoxy) is 1. The molecule has 0 radical (unpaired) electrons. The minimum atomic E-state index is -0.193. The highest BCUT2D eigenvalue weighted by Crippen LogP contribution is 2.39. The predicted molar refractivity (Wildman–Crippen MR) is 73.1 cm³/mol. The van der Waals surface area contributed by atoms with Gasteiger partial charge in [0.25, 0.3) is 0 Å².